The second-order valence-electron chi connectivity index (χ2n) is 4.24. The first-order chi connectivity index (χ1) is 10.2. The van der Waals surface area contributed by atoms with Gasteiger partial charge in [0, 0.05) is 22.8 Å². The lowest BCUT2D eigenvalue weighted by Crippen LogP contribution is -2.03. The van der Waals surface area contributed by atoms with Crippen LogP contribution in [0.4, 0.5) is 0 Å². The number of rotatable bonds is 4. The van der Waals surface area contributed by atoms with Gasteiger partial charge in [0.1, 0.15) is 4.88 Å². The van der Waals surface area contributed by atoms with Crippen molar-refractivity contribution in [2.24, 2.45) is 0 Å². The fourth-order valence-corrected chi connectivity index (χ4v) is 2.43. The maximum atomic E-state index is 11.8. The van der Waals surface area contributed by atoms with E-state index in [1.807, 2.05) is 19.1 Å². The predicted molar refractivity (Wildman–Crippen MR) is 75.7 cm³/mol. The van der Waals surface area contributed by atoms with Crippen LogP contribution < -0.4 is 0 Å². The highest BCUT2D eigenvalue weighted by Crippen LogP contribution is 2.17. The van der Waals surface area contributed by atoms with Crippen molar-refractivity contribution < 1.29 is 14.1 Å². The van der Waals surface area contributed by atoms with Gasteiger partial charge in [-0.05, 0) is 31.2 Å². The van der Waals surface area contributed by atoms with Gasteiger partial charge in [0.25, 0.3) is 5.89 Å². The first-order valence-corrected chi connectivity index (χ1v) is 7.00. The molecule has 3 aromatic rings. The molecule has 7 heteroatoms. The average molecular weight is 301 g/mol. The largest absolute Gasteiger partial charge is 0.451 e. The highest BCUT2D eigenvalue weighted by molar-refractivity contribution is 7.13. The molecule has 0 saturated heterocycles. The zero-order valence-corrected chi connectivity index (χ0v) is 12.0. The van der Waals surface area contributed by atoms with Crippen molar-refractivity contribution in [3.05, 3.63) is 52.3 Å². The van der Waals surface area contributed by atoms with Crippen molar-refractivity contribution in [1.82, 2.24) is 15.1 Å². The fourth-order valence-electron chi connectivity index (χ4n) is 1.67. The number of thiophene rings is 1. The number of hydrogen-bond acceptors (Lipinski definition) is 7. The molecular weight excluding hydrogens is 290 g/mol. The summed E-state index contributed by atoms with van der Waals surface area (Å²) < 4.78 is 10.2. The molecule has 3 heterocycles. The highest BCUT2D eigenvalue weighted by Gasteiger charge is 2.13. The molecule has 0 saturated carbocycles. The standard InChI is InChI=1S/C14H11N3O3S/c1-9-4-5-11(21-9)14(18)19-8-12-16-13(17-20-12)10-3-2-6-15-7-10/h2-7H,8H2,1H3. The third-order valence-electron chi connectivity index (χ3n) is 2.66. The molecule has 3 aromatic heterocycles. The van der Waals surface area contributed by atoms with Crippen LogP contribution in [0.15, 0.2) is 41.2 Å². The molecule has 0 bridgehead atoms. The quantitative estimate of drug-likeness (QED) is 0.689. The van der Waals surface area contributed by atoms with Crippen LogP contribution in [0.3, 0.4) is 0 Å². The van der Waals surface area contributed by atoms with Gasteiger partial charge in [-0.2, -0.15) is 4.98 Å². The molecule has 3 rings (SSSR count). The van der Waals surface area contributed by atoms with E-state index in [4.69, 9.17) is 9.26 Å². The van der Waals surface area contributed by atoms with E-state index >= 15 is 0 Å². The van der Waals surface area contributed by atoms with E-state index in [9.17, 15) is 4.79 Å². The van der Waals surface area contributed by atoms with Crippen LogP contribution in [-0.2, 0) is 11.3 Å². The minimum absolute atomic E-state index is 0.0525. The molecule has 0 aliphatic carbocycles. The minimum Gasteiger partial charge on any atom is -0.451 e. The van der Waals surface area contributed by atoms with Gasteiger partial charge in [0.15, 0.2) is 6.61 Å². The number of pyridine rings is 1. The summed E-state index contributed by atoms with van der Waals surface area (Å²) in [5.74, 6) is 0.269. The van der Waals surface area contributed by atoms with Crippen LogP contribution in [0.5, 0.6) is 0 Å². The molecule has 0 fully saturated rings. The Morgan fingerprint density at radius 2 is 2.29 bits per heavy atom. The Kier molecular flexibility index (Phi) is 3.74. The molecule has 0 spiro atoms. The lowest BCUT2D eigenvalue weighted by Gasteiger charge is -1.98. The highest BCUT2D eigenvalue weighted by atomic mass is 32.1. The van der Waals surface area contributed by atoms with Crippen LogP contribution in [0.25, 0.3) is 11.4 Å². The smallest absolute Gasteiger partial charge is 0.348 e. The van der Waals surface area contributed by atoms with Gasteiger partial charge in [-0.25, -0.2) is 4.79 Å². The van der Waals surface area contributed by atoms with Gasteiger partial charge in [0.2, 0.25) is 5.82 Å². The number of ether oxygens (including phenoxy) is 1. The lowest BCUT2D eigenvalue weighted by molar-refractivity contribution is 0.0435. The number of carbonyl (C=O) groups excluding carboxylic acids is 1. The van der Waals surface area contributed by atoms with E-state index in [1.165, 1.54) is 11.3 Å². The SMILES string of the molecule is Cc1ccc(C(=O)OCc2nc(-c3cccnc3)no2)s1. The molecule has 21 heavy (non-hydrogen) atoms. The van der Waals surface area contributed by atoms with E-state index < -0.39 is 5.97 Å². The molecule has 0 atom stereocenters. The summed E-state index contributed by atoms with van der Waals surface area (Å²) in [5, 5.41) is 3.83. The maximum absolute atomic E-state index is 11.8. The third-order valence-corrected chi connectivity index (χ3v) is 3.64. The molecule has 0 unspecified atom stereocenters. The number of hydrogen-bond donors (Lipinski definition) is 0. The first kappa shape index (κ1) is 13.4. The summed E-state index contributed by atoms with van der Waals surface area (Å²) in [6.07, 6.45) is 3.30. The number of nitrogens with zero attached hydrogens (tertiary/aromatic N) is 3. The number of aromatic nitrogens is 3. The lowest BCUT2D eigenvalue weighted by atomic mass is 10.3. The predicted octanol–water partition coefficient (Wildman–Crippen LogP) is 2.86. The number of carbonyl (C=O) groups is 1. The summed E-state index contributed by atoms with van der Waals surface area (Å²) in [4.78, 5) is 21.5. The Balaban J connectivity index is 1.64. The molecular formula is C14H11N3O3S. The van der Waals surface area contributed by atoms with Gasteiger partial charge < -0.3 is 9.26 Å². The topological polar surface area (TPSA) is 78.1 Å². The van der Waals surface area contributed by atoms with Gasteiger partial charge >= 0.3 is 5.97 Å². The zero-order chi connectivity index (χ0) is 14.7. The van der Waals surface area contributed by atoms with E-state index in [2.05, 4.69) is 15.1 Å². The van der Waals surface area contributed by atoms with Gasteiger partial charge in [-0.1, -0.05) is 5.16 Å². The van der Waals surface area contributed by atoms with Gasteiger partial charge in [-0.15, -0.1) is 11.3 Å². The molecule has 0 aliphatic heterocycles. The van der Waals surface area contributed by atoms with Crippen molar-refractivity contribution >= 4 is 17.3 Å². The van der Waals surface area contributed by atoms with Crippen molar-refractivity contribution in [3.8, 4) is 11.4 Å². The van der Waals surface area contributed by atoms with Crippen LogP contribution in [-0.4, -0.2) is 21.1 Å². The Hall–Kier alpha value is -2.54. The van der Waals surface area contributed by atoms with Gasteiger partial charge in [0.05, 0.1) is 0 Å². The normalized spacial score (nSPS) is 10.5. The van der Waals surface area contributed by atoms with Crippen molar-refractivity contribution in [2.45, 2.75) is 13.5 Å². The number of aryl methyl sites for hydroxylation is 1. The molecule has 0 N–H and O–H groups in total. The minimum atomic E-state index is -0.394. The van der Waals surface area contributed by atoms with Crippen LogP contribution in [0.2, 0.25) is 0 Å². The van der Waals surface area contributed by atoms with E-state index in [-0.39, 0.29) is 12.5 Å². The van der Waals surface area contributed by atoms with E-state index in [0.717, 1.165) is 10.4 Å². The van der Waals surface area contributed by atoms with Gasteiger partial charge in [-0.3, -0.25) is 4.98 Å². The second-order valence-corrected chi connectivity index (χ2v) is 5.53. The van der Waals surface area contributed by atoms with E-state index in [0.29, 0.717) is 10.7 Å². The summed E-state index contributed by atoms with van der Waals surface area (Å²) in [5.41, 5.74) is 0.743. The van der Waals surface area contributed by atoms with Crippen LogP contribution in [0.1, 0.15) is 20.4 Å². The van der Waals surface area contributed by atoms with Crippen molar-refractivity contribution in [1.29, 1.82) is 0 Å². The third kappa shape index (κ3) is 3.14. The summed E-state index contributed by atoms with van der Waals surface area (Å²) in [7, 11) is 0. The van der Waals surface area contributed by atoms with Crippen molar-refractivity contribution in [3.63, 3.8) is 0 Å². The molecule has 106 valence electrons. The Labute approximate surface area is 124 Å². The molecule has 0 aliphatic rings. The van der Waals surface area contributed by atoms with E-state index in [1.54, 1.807) is 24.5 Å². The summed E-state index contributed by atoms with van der Waals surface area (Å²) >= 11 is 1.38. The van der Waals surface area contributed by atoms with Crippen LogP contribution >= 0.6 is 11.3 Å². The summed E-state index contributed by atoms with van der Waals surface area (Å²) in [6.45, 7) is 1.88. The molecule has 0 amide bonds. The molecule has 0 radical (unpaired) electrons. The Bertz CT molecular complexity index is 752. The van der Waals surface area contributed by atoms with Crippen molar-refractivity contribution in [2.75, 3.05) is 0 Å². The maximum Gasteiger partial charge on any atom is 0.348 e. The zero-order valence-electron chi connectivity index (χ0n) is 11.1. The summed E-state index contributed by atoms with van der Waals surface area (Å²) in [6, 6.07) is 7.21. The molecule has 6 nitrogen and oxygen atoms in total. The average Bonchev–Trinajstić information content (AvgIpc) is 3.15. The first-order valence-electron chi connectivity index (χ1n) is 6.19. The Morgan fingerprint density at radius 1 is 1.38 bits per heavy atom. The monoisotopic (exact) mass is 301 g/mol. The van der Waals surface area contributed by atoms with Crippen LogP contribution in [0, 0.1) is 6.92 Å². The molecule has 0 aromatic carbocycles. The number of esters is 1. The fraction of sp³-hybridized carbons (Fsp3) is 0.143. The Morgan fingerprint density at radius 3 is 3.00 bits per heavy atom. The second kappa shape index (κ2) is 5.84.